The van der Waals surface area contributed by atoms with E-state index in [2.05, 4.69) is 9.97 Å². The molecule has 0 fully saturated rings. The van der Waals surface area contributed by atoms with Gasteiger partial charge >= 0.3 is 6.18 Å². The highest BCUT2D eigenvalue weighted by atomic mass is 19.4. The Labute approximate surface area is 196 Å². The van der Waals surface area contributed by atoms with Crippen LogP contribution < -0.4 is 17.0 Å². The normalized spacial score (nSPS) is 13.4. The van der Waals surface area contributed by atoms with Crippen molar-refractivity contribution < 1.29 is 17.6 Å². The van der Waals surface area contributed by atoms with E-state index in [1.807, 2.05) is 19.9 Å². The summed E-state index contributed by atoms with van der Waals surface area (Å²) in [4.78, 5) is 8.15. The van der Waals surface area contributed by atoms with Crippen molar-refractivity contribution in [3.63, 3.8) is 0 Å². The summed E-state index contributed by atoms with van der Waals surface area (Å²) in [6, 6.07) is 7.94. The zero-order valence-electron chi connectivity index (χ0n) is 19.5. The van der Waals surface area contributed by atoms with Crippen molar-refractivity contribution in [1.29, 1.82) is 0 Å². The third kappa shape index (κ3) is 7.05. The number of aromatic nitrogens is 3. The highest BCUT2D eigenvalue weighted by Crippen LogP contribution is 2.28. The van der Waals surface area contributed by atoms with Crippen molar-refractivity contribution in [3.05, 3.63) is 77.3 Å². The predicted octanol–water partition coefficient (Wildman–Crippen LogP) is 4.87. The number of nitrogens with one attached hydrogen (secondary N) is 1. The number of halogens is 4. The molecule has 34 heavy (non-hydrogen) atoms. The number of pyridine rings is 1. The van der Waals surface area contributed by atoms with E-state index in [0.29, 0.717) is 11.4 Å². The van der Waals surface area contributed by atoms with E-state index in [4.69, 9.17) is 11.6 Å². The number of hydrogen-bond donors (Lipinski definition) is 3. The van der Waals surface area contributed by atoms with Crippen LogP contribution in [0, 0.1) is 5.82 Å². The lowest BCUT2D eigenvalue weighted by atomic mass is 9.92. The molecule has 0 aliphatic heterocycles. The number of benzene rings is 1. The summed E-state index contributed by atoms with van der Waals surface area (Å²) >= 11 is 0. The van der Waals surface area contributed by atoms with Crippen LogP contribution in [0.5, 0.6) is 0 Å². The van der Waals surface area contributed by atoms with Gasteiger partial charge in [-0.25, -0.2) is 9.37 Å². The Morgan fingerprint density at radius 2 is 1.68 bits per heavy atom. The van der Waals surface area contributed by atoms with Gasteiger partial charge in [-0.2, -0.15) is 13.2 Å². The van der Waals surface area contributed by atoms with Crippen LogP contribution in [0.1, 0.15) is 43.4 Å². The highest BCUT2D eigenvalue weighted by Gasteiger charge is 2.36. The summed E-state index contributed by atoms with van der Waals surface area (Å²) in [5.41, 5.74) is 9.08. The van der Waals surface area contributed by atoms with Crippen molar-refractivity contribution in [2.24, 2.45) is 18.6 Å². The van der Waals surface area contributed by atoms with Gasteiger partial charge in [0.15, 0.2) is 5.70 Å². The Hall–Kier alpha value is -3.40. The third-order valence-corrected chi connectivity index (χ3v) is 5.05. The maximum atomic E-state index is 12.8. The Balaban J connectivity index is 0.000000262. The first kappa shape index (κ1) is 26.8. The van der Waals surface area contributed by atoms with Gasteiger partial charge in [0, 0.05) is 25.0 Å². The van der Waals surface area contributed by atoms with Crippen LogP contribution in [0.25, 0.3) is 17.1 Å². The summed E-state index contributed by atoms with van der Waals surface area (Å²) in [5, 5.41) is 0. The molecule has 0 radical (unpaired) electrons. The molecule has 4 rings (SSSR count). The van der Waals surface area contributed by atoms with Crippen LogP contribution in [-0.2, 0) is 19.9 Å². The Kier molecular flexibility index (Phi) is 9.61. The fraction of sp³-hybridized carbons (Fsp3) is 0.333. The molecule has 0 unspecified atom stereocenters. The van der Waals surface area contributed by atoms with Crippen LogP contribution in [0.4, 0.5) is 17.6 Å². The number of imidazole rings is 1. The number of rotatable bonds is 3. The quantitative estimate of drug-likeness (QED) is 0.284. The number of alkyl halides is 3. The average molecular weight is 479 g/mol. The zero-order chi connectivity index (χ0) is 25.3. The zero-order valence-corrected chi connectivity index (χ0v) is 19.5. The van der Waals surface area contributed by atoms with Crippen molar-refractivity contribution in [2.75, 3.05) is 0 Å². The number of allylic oxidation sites excluding steroid dienone is 1. The van der Waals surface area contributed by atoms with E-state index in [1.54, 1.807) is 41.7 Å². The van der Waals surface area contributed by atoms with E-state index >= 15 is 0 Å². The maximum Gasteiger partial charge on any atom is 0.434 e. The summed E-state index contributed by atoms with van der Waals surface area (Å²) < 4.78 is 52.7. The third-order valence-electron chi connectivity index (χ3n) is 5.05. The van der Waals surface area contributed by atoms with Gasteiger partial charge in [0.1, 0.15) is 11.5 Å². The first-order valence-corrected chi connectivity index (χ1v) is 10.9. The SMILES string of the molecule is CC.Cn1cnc(-c2cc(/C(N)=C(/NN)C(F)(F)F)ccn2)c1.Fc1ccc2c(c1)CCCC2. The molecule has 0 bridgehead atoms. The van der Waals surface area contributed by atoms with Crippen LogP contribution in [0.15, 0.2) is 54.7 Å². The topological polar surface area (TPSA) is 94.8 Å². The minimum absolute atomic E-state index is 0.0920. The molecule has 0 saturated heterocycles. The predicted molar refractivity (Wildman–Crippen MR) is 125 cm³/mol. The Morgan fingerprint density at radius 1 is 1.00 bits per heavy atom. The number of hydrogen-bond acceptors (Lipinski definition) is 5. The van der Waals surface area contributed by atoms with Gasteiger partial charge in [-0.3, -0.25) is 10.8 Å². The molecule has 0 saturated carbocycles. The first-order chi connectivity index (χ1) is 16.2. The molecule has 3 aromatic rings. The Morgan fingerprint density at radius 3 is 2.26 bits per heavy atom. The molecule has 184 valence electrons. The fourth-order valence-corrected chi connectivity index (χ4v) is 3.44. The van der Waals surface area contributed by atoms with Gasteiger partial charge in [0.25, 0.3) is 0 Å². The molecule has 0 atom stereocenters. The van der Waals surface area contributed by atoms with Gasteiger partial charge in [-0.05, 0) is 61.1 Å². The van der Waals surface area contributed by atoms with Crippen molar-refractivity contribution in [2.45, 2.75) is 45.7 Å². The summed E-state index contributed by atoms with van der Waals surface area (Å²) in [6.45, 7) is 4.00. The van der Waals surface area contributed by atoms with Crippen LogP contribution >= 0.6 is 0 Å². The van der Waals surface area contributed by atoms with Crippen LogP contribution in [0.3, 0.4) is 0 Å². The maximum absolute atomic E-state index is 12.8. The first-order valence-electron chi connectivity index (χ1n) is 10.9. The molecule has 0 amide bonds. The summed E-state index contributed by atoms with van der Waals surface area (Å²) in [6.07, 6.45) is 4.62. The van der Waals surface area contributed by atoms with Crippen molar-refractivity contribution >= 4 is 5.70 Å². The smallest absolute Gasteiger partial charge is 0.397 e. The largest absolute Gasteiger partial charge is 0.434 e. The lowest BCUT2D eigenvalue weighted by Gasteiger charge is -2.14. The summed E-state index contributed by atoms with van der Waals surface area (Å²) in [7, 11) is 1.77. The van der Waals surface area contributed by atoms with Gasteiger partial charge in [0.2, 0.25) is 0 Å². The lowest BCUT2D eigenvalue weighted by Crippen LogP contribution is -2.34. The fourth-order valence-electron chi connectivity index (χ4n) is 3.44. The lowest BCUT2D eigenvalue weighted by molar-refractivity contribution is -0.0961. The minimum Gasteiger partial charge on any atom is -0.397 e. The van der Waals surface area contributed by atoms with Gasteiger partial charge in [-0.15, -0.1) is 0 Å². The molecular weight excluding hydrogens is 448 g/mol. The molecule has 1 aromatic carbocycles. The van der Waals surface area contributed by atoms with E-state index in [9.17, 15) is 17.6 Å². The molecule has 2 heterocycles. The second-order valence-electron chi connectivity index (χ2n) is 7.41. The summed E-state index contributed by atoms with van der Waals surface area (Å²) in [5.74, 6) is 4.82. The number of nitrogens with zero attached hydrogens (tertiary/aromatic N) is 3. The molecule has 0 spiro atoms. The average Bonchev–Trinajstić information content (AvgIpc) is 3.26. The Bertz CT molecular complexity index is 1100. The van der Waals surface area contributed by atoms with Crippen molar-refractivity contribution in [3.8, 4) is 11.4 Å². The molecule has 10 heteroatoms. The molecule has 1 aliphatic carbocycles. The highest BCUT2D eigenvalue weighted by molar-refractivity contribution is 5.69. The van der Waals surface area contributed by atoms with Gasteiger partial charge in [0.05, 0.1) is 17.7 Å². The molecule has 5 N–H and O–H groups in total. The van der Waals surface area contributed by atoms with Crippen LogP contribution in [-0.4, -0.2) is 20.7 Å². The standard InChI is InChI=1S/C12H13F3N6.C10H11F.C2H6/c1-21-5-9(19-6-21)8-4-7(2-3-18-8)10(16)11(20-17)12(13,14)15;11-10-6-5-8-3-1-2-4-9(8)7-10;1-2/h2-6,20H,16-17H2,1H3;5-7H,1-4H2;1-2H3/b11-10-;;. The molecular formula is C24H30F4N6. The van der Waals surface area contributed by atoms with E-state index < -0.39 is 17.6 Å². The second-order valence-corrected chi connectivity index (χ2v) is 7.41. The number of hydrazine groups is 1. The van der Waals surface area contributed by atoms with Gasteiger partial charge in [-0.1, -0.05) is 19.9 Å². The number of fused-ring (bicyclic) bond motifs is 1. The number of aryl methyl sites for hydroxylation is 3. The van der Waals surface area contributed by atoms with E-state index in [-0.39, 0.29) is 11.4 Å². The second kappa shape index (κ2) is 12.2. The molecule has 1 aliphatic rings. The van der Waals surface area contributed by atoms with E-state index in [0.717, 1.165) is 12.8 Å². The monoisotopic (exact) mass is 478 g/mol. The number of nitrogens with two attached hydrogens (primary N) is 2. The molecule has 6 nitrogen and oxygen atoms in total. The minimum atomic E-state index is -4.67. The van der Waals surface area contributed by atoms with Crippen molar-refractivity contribution in [1.82, 2.24) is 20.0 Å². The van der Waals surface area contributed by atoms with E-state index in [1.165, 1.54) is 42.3 Å². The molecule has 2 aromatic heterocycles. The van der Waals surface area contributed by atoms with Gasteiger partial charge < -0.3 is 15.7 Å². The van der Waals surface area contributed by atoms with Crippen LogP contribution in [0.2, 0.25) is 0 Å².